The van der Waals surface area contributed by atoms with E-state index in [0.717, 1.165) is 12.1 Å². The molecule has 1 heterocycles. The van der Waals surface area contributed by atoms with Gasteiger partial charge < -0.3 is 5.32 Å². The number of amides is 1. The molecule has 2 N–H and O–H groups in total. The molecule has 19 heavy (non-hydrogen) atoms. The molecule has 100 valence electrons. The summed E-state index contributed by atoms with van der Waals surface area (Å²) in [6.45, 7) is 0. The van der Waals surface area contributed by atoms with Crippen LogP contribution in [0.15, 0.2) is 34.9 Å². The van der Waals surface area contributed by atoms with Crippen molar-refractivity contribution in [1.82, 2.24) is 10.2 Å². The molecule has 0 atom stereocenters. The van der Waals surface area contributed by atoms with Gasteiger partial charge in [0.1, 0.15) is 5.82 Å². The normalized spacial score (nSPS) is 11.4. The van der Waals surface area contributed by atoms with Gasteiger partial charge in [-0.1, -0.05) is 15.9 Å². The molecule has 2 aromatic rings. The Morgan fingerprint density at radius 3 is 2.63 bits per heavy atom. The Morgan fingerprint density at radius 1 is 1.32 bits per heavy atom. The average molecular weight is 334 g/mol. The van der Waals surface area contributed by atoms with Crippen LogP contribution in [0.4, 0.5) is 19.0 Å². The van der Waals surface area contributed by atoms with Crippen molar-refractivity contribution >= 4 is 27.7 Å². The Labute approximate surface area is 114 Å². The second-order valence-electron chi connectivity index (χ2n) is 3.61. The Bertz CT molecular complexity index is 596. The van der Waals surface area contributed by atoms with Crippen LogP contribution in [-0.2, 0) is 6.18 Å². The maximum atomic E-state index is 12.8. The van der Waals surface area contributed by atoms with Crippen LogP contribution in [0.5, 0.6) is 0 Å². The van der Waals surface area contributed by atoms with Crippen molar-refractivity contribution in [1.29, 1.82) is 0 Å². The van der Waals surface area contributed by atoms with E-state index in [1.165, 1.54) is 18.3 Å². The first-order chi connectivity index (χ1) is 8.88. The van der Waals surface area contributed by atoms with Gasteiger partial charge in [-0.25, -0.2) is 0 Å². The van der Waals surface area contributed by atoms with E-state index in [0.29, 0.717) is 0 Å². The highest BCUT2D eigenvalue weighted by Gasteiger charge is 2.35. The molecule has 0 fully saturated rings. The summed E-state index contributed by atoms with van der Waals surface area (Å²) in [6, 6.07) is 4.78. The average Bonchev–Trinajstić information content (AvgIpc) is 2.80. The molecule has 0 saturated carbocycles. The molecule has 1 aromatic carbocycles. The van der Waals surface area contributed by atoms with E-state index < -0.39 is 23.2 Å². The number of benzene rings is 1. The molecule has 2 rings (SSSR count). The molecule has 0 unspecified atom stereocenters. The number of hydrogen-bond acceptors (Lipinski definition) is 2. The zero-order chi connectivity index (χ0) is 14.0. The van der Waals surface area contributed by atoms with Gasteiger partial charge in [-0.2, -0.15) is 18.3 Å². The first-order valence-electron chi connectivity index (χ1n) is 5.05. The van der Waals surface area contributed by atoms with E-state index >= 15 is 0 Å². The van der Waals surface area contributed by atoms with Crippen LogP contribution in [0.1, 0.15) is 15.9 Å². The Morgan fingerprint density at radius 2 is 2.05 bits per heavy atom. The lowest BCUT2D eigenvalue weighted by molar-refractivity contribution is -0.137. The fourth-order valence-corrected chi connectivity index (χ4v) is 1.83. The quantitative estimate of drug-likeness (QED) is 0.884. The number of rotatable bonds is 2. The summed E-state index contributed by atoms with van der Waals surface area (Å²) < 4.78 is 38.8. The lowest BCUT2D eigenvalue weighted by atomic mass is 10.1. The number of alkyl halides is 3. The molecule has 0 spiro atoms. The van der Waals surface area contributed by atoms with Crippen LogP contribution in [0.3, 0.4) is 0 Å². The number of aromatic amines is 1. The number of nitrogens with one attached hydrogen (secondary N) is 2. The second-order valence-corrected chi connectivity index (χ2v) is 4.53. The lowest BCUT2D eigenvalue weighted by Crippen LogP contribution is -2.19. The summed E-state index contributed by atoms with van der Waals surface area (Å²) in [6.07, 6.45) is -3.23. The monoisotopic (exact) mass is 333 g/mol. The van der Waals surface area contributed by atoms with E-state index in [1.807, 2.05) is 0 Å². The molecular formula is C11H7BrF3N3O. The first kappa shape index (κ1) is 13.6. The van der Waals surface area contributed by atoms with Crippen molar-refractivity contribution in [2.45, 2.75) is 6.18 Å². The Kier molecular flexibility index (Phi) is 3.61. The van der Waals surface area contributed by atoms with Gasteiger partial charge in [0.05, 0.1) is 17.3 Å². The van der Waals surface area contributed by atoms with Gasteiger partial charge in [0.25, 0.3) is 5.91 Å². The Balaban J connectivity index is 2.36. The second kappa shape index (κ2) is 5.04. The van der Waals surface area contributed by atoms with Crippen molar-refractivity contribution in [3.05, 3.63) is 46.1 Å². The minimum atomic E-state index is -4.61. The molecule has 4 nitrogen and oxygen atoms in total. The molecule has 8 heteroatoms. The van der Waals surface area contributed by atoms with E-state index in [4.69, 9.17) is 0 Å². The van der Waals surface area contributed by atoms with Gasteiger partial charge in [-0.15, -0.1) is 0 Å². The highest BCUT2D eigenvalue weighted by Crippen LogP contribution is 2.34. The summed E-state index contributed by atoms with van der Waals surface area (Å²) in [4.78, 5) is 11.8. The largest absolute Gasteiger partial charge is 0.417 e. The summed E-state index contributed by atoms with van der Waals surface area (Å²) in [5, 5.41) is 8.32. The van der Waals surface area contributed by atoms with Crippen molar-refractivity contribution in [3.8, 4) is 0 Å². The summed E-state index contributed by atoms with van der Waals surface area (Å²) >= 11 is 2.95. The predicted molar refractivity (Wildman–Crippen MR) is 65.7 cm³/mol. The SMILES string of the molecule is O=C(Nc1ccn[nH]1)c1ccc(Br)cc1C(F)(F)F. The summed E-state index contributed by atoms with van der Waals surface area (Å²) in [7, 11) is 0. The molecular weight excluding hydrogens is 327 g/mol. The topological polar surface area (TPSA) is 57.8 Å². The van der Waals surface area contributed by atoms with Crippen LogP contribution >= 0.6 is 15.9 Å². The standard InChI is InChI=1S/C11H7BrF3N3O/c12-6-1-2-7(8(5-6)11(13,14)15)10(19)17-9-3-4-16-18-9/h1-5H,(H2,16,17,18,19). The van der Waals surface area contributed by atoms with E-state index in [-0.39, 0.29) is 10.3 Å². The van der Waals surface area contributed by atoms with Gasteiger partial charge in [-0.05, 0) is 18.2 Å². The Hall–Kier alpha value is -1.83. The minimum absolute atomic E-state index is 0.223. The molecule has 0 bridgehead atoms. The van der Waals surface area contributed by atoms with Crippen molar-refractivity contribution < 1.29 is 18.0 Å². The molecule has 0 aliphatic heterocycles. The highest BCUT2D eigenvalue weighted by molar-refractivity contribution is 9.10. The van der Waals surface area contributed by atoms with Crippen molar-refractivity contribution in [2.24, 2.45) is 0 Å². The number of nitrogens with zero attached hydrogens (tertiary/aromatic N) is 1. The smallest absolute Gasteiger partial charge is 0.307 e. The predicted octanol–water partition coefficient (Wildman–Crippen LogP) is 3.44. The van der Waals surface area contributed by atoms with Gasteiger partial charge in [0, 0.05) is 10.5 Å². The molecule has 0 radical (unpaired) electrons. The number of carbonyl (C=O) groups excluding carboxylic acids is 1. The van der Waals surface area contributed by atoms with Gasteiger partial charge in [0.2, 0.25) is 0 Å². The third kappa shape index (κ3) is 3.14. The van der Waals surface area contributed by atoms with Crippen molar-refractivity contribution in [3.63, 3.8) is 0 Å². The number of carbonyl (C=O) groups is 1. The van der Waals surface area contributed by atoms with Gasteiger partial charge in [0.15, 0.2) is 0 Å². The highest BCUT2D eigenvalue weighted by atomic mass is 79.9. The fraction of sp³-hybridized carbons (Fsp3) is 0.0909. The third-order valence-electron chi connectivity index (χ3n) is 2.28. The molecule has 0 saturated heterocycles. The number of aromatic nitrogens is 2. The van der Waals surface area contributed by atoms with Gasteiger partial charge >= 0.3 is 6.18 Å². The third-order valence-corrected chi connectivity index (χ3v) is 2.77. The summed E-state index contributed by atoms with van der Waals surface area (Å²) in [5.41, 5.74) is -1.45. The van der Waals surface area contributed by atoms with E-state index in [2.05, 4.69) is 31.4 Å². The number of H-pyrrole nitrogens is 1. The zero-order valence-electron chi connectivity index (χ0n) is 9.25. The van der Waals surface area contributed by atoms with Crippen LogP contribution in [0.25, 0.3) is 0 Å². The van der Waals surface area contributed by atoms with Crippen LogP contribution in [0, 0.1) is 0 Å². The number of halogens is 4. The fourth-order valence-electron chi connectivity index (χ4n) is 1.46. The first-order valence-corrected chi connectivity index (χ1v) is 5.84. The molecule has 1 amide bonds. The minimum Gasteiger partial charge on any atom is -0.307 e. The van der Waals surface area contributed by atoms with E-state index in [9.17, 15) is 18.0 Å². The number of anilines is 1. The molecule has 0 aliphatic carbocycles. The van der Waals surface area contributed by atoms with Crippen molar-refractivity contribution in [2.75, 3.05) is 5.32 Å². The maximum Gasteiger partial charge on any atom is 0.417 e. The van der Waals surface area contributed by atoms with Crippen LogP contribution in [0.2, 0.25) is 0 Å². The molecule has 0 aliphatic rings. The van der Waals surface area contributed by atoms with Crippen LogP contribution in [-0.4, -0.2) is 16.1 Å². The lowest BCUT2D eigenvalue weighted by Gasteiger charge is -2.12. The van der Waals surface area contributed by atoms with Gasteiger partial charge in [-0.3, -0.25) is 9.89 Å². The number of hydrogen-bond donors (Lipinski definition) is 2. The van der Waals surface area contributed by atoms with E-state index in [1.54, 1.807) is 0 Å². The summed E-state index contributed by atoms with van der Waals surface area (Å²) in [5.74, 6) is -0.634. The maximum absolute atomic E-state index is 12.8. The molecule has 1 aromatic heterocycles. The zero-order valence-corrected chi connectivity index (χ0v) is 10.8. The van der Waals surface area contributed by atoms with Crippen LogP contribution < -0.4 is 5.32 Å².